The SMILES string of the molecule is CC1(C)c2cc3ccccc3cc2-c2c(-c3cccc(/C=C/C(NC(N)c4ccccc4)c4ccccc4-c4cccc5c6ccccc6n(-c6ccccc6)c45)c3)cccc21. The molecule has 298 valence electrons. The molecular weight excluding hydrogens is 751 g/mol. The van der Waals surface area contributed by atoms with Crippen LogP contribution >= 0.6 is 0 Å². The zero-order valence-corrected chi connectivity index (χ0v) is 35.0. The summed E-state index contributed by atoms with van der Waals surface area (Å²) in [5.41, 5.74) is 23.9. The van der Waals surface area contributed by atoms with Crippen LogP contribution in [-0.4, -0.2) is 4.57 Å². The van der Waals surface area contributed by atoms with Gasteiger partial charge in [0, 0.05) is 27.4 Å². The van der Waals surface area contributed by atoms with Gasteiger partial charge in [0.15, 0.2) is 0 Å². The highest BCUT2D eigenvalue weighted by Gasteiger charge is 2.37. The second-order valence-corrected chi connectivity index (χ2v) is 17.1. The molecule has 0 saturated carbocycles. The predicted octanol–water partition coefficient (Wildman–Crippen LogP) is 14.6. The average molecular weight is 798 g/mol. The van der Waals surface area contributed by atoms with E-state index in [2.05, 4.69) is 224 Å². The molecule has 9 aromatic carbocycles. The number of nitrogens with zero attached hydrogens (tertiary/aromatic N) is 1. The van der Waals surface area contributed by atoms with Crippen molar-refractivity contribution in [1.82, 2.24) is 9.88 Å². The highest BCUT2D eigenvalue weighted by atomic mass is 15.0. The summed E-state index contributed by atoms with van der Waals surface area (Å²) in [6.07, 6.45) is 4.14. The van der Waals surface area contributed by atoms with Gasteiger partial charge in [-0.2, -0.15) is 0 Å². The van der Waals surface area contributed by atoms with Crippen molar-refractivity contribution in [1.29, 1.82) is 0 Å². The molecule has 3 nitrogen and oxygen atoms in total. The first-order valence-electron chi connectivity index (χ1n) is 21.6. The smallest absolute Gasteiger partial charge is 0.0817 e. The van der Waals surface area contributed by atoms with Crippen molar-refractivity contribution in [3.05, 3.63) is 240 Å². The largest absolute Gasteiger partial charge is 0.312 e. The van der Waals surface area contributed by atoms with E-state index in [0.29, 0.717) is 0 Å². The Bertz CT molecular complexity index is 3320. The van der Waals surface area contributed by atoms with Crippen LogP contribution in [0.15, 0.2) is 212 Å². The summed E-state index contributed by atoms with van der Waals surface area (Å²) in [6.45, 7) is 4.73. The predicted molar refractivity (Wildman–Crippen MR) is 261 cm³/mol. The molecule has 0 radical (unpaired) electrons. The molecule has 0 fully saturated rings. The molecule has 10 aromatic rings. The van der Waals surface area contributed by atoms with Crippen molar-refractivity contribution in [2.45, 2.75) is 31.5 Å². The number of nitrogens with two attached hydrogens (primary N) is 1. The molecule has 1 aliphatic rings. The number of fused-ring (bicyclic) bond motifs is 7. The zero-order chi connectivity index (χ0) is 41.8. The quantitative estimate of drug-likeness (QED) is 0.143. The molecule has 1 heterocycles. The van der Waals surface area contributed by atoms with Crippen molar-refractivity contribution < 1.29 is 0 Å². The standard InChI is InChI=1S/C59H47N3/c1-59(2)52-32-17-29-45(56(52)51-37-41-21-9-10-22-42(41)38-53(51)59)43-23-15-18-39(36-43)34-35-54(61-58(60)40-19-5-3-6-20-40)47-27-12-11-26-46(47)49-30-16-31-50-48-28-13-14-33-55(48)62(57(49)50)44-24-7-4-8-25-44/h3-38,54,58,61H,60H2,1-2H3/b35-34+. The monoisotopic (exact) mass is 797 g/mol. The van der Waals surface area contributed by atoms with Gasteiger partial charge in [-0.15, -0.1) is 0 Å². The van der Waals surface area contributed by atoms with Crippen LogP contribution in [0.2, 0.25) is 0 Å². The molecule has 11 rings (SSSR count). The van der Waals surface area contributed by atoms with Gasteiger partial charge >= 0.3 is 0 Å². The Labute approximate surface area is 363 Å². The number of hydrogen-bond donors (Lipinski definition) is 2. The summed E-state index contributed by atoms with van der Waals surface area (Å²) in [7, 11) is 0. The van der Waals surface area contributed by atoms with Crippen LogP contribution in [0.5, 0.6) is 0 Å². The van der Waals surface area contributed by atoms with Crippen LogP contribution in [0.25, 0.3) is 77.7 Å². The topological polar surface area (TPSA) is 43.0 Å². The number of nitrogens with one attached hydrogen (secondary N) is 1. The van der Waals surface area contributed by atoms with E-state index >= 15 is 0 Å². The Balaban J connectivity index is 1.04. The molecule has 0 bridgehead atoms. The van der Waals surface area contributed by atoms with Crippen LogP contribution in [0.4, 0.5) is 0 Å². The Hall–Kier alpha value is -7.30. The van der Waals surface area contributed by atoms with Crippen LogP contribution in [0.1, 0.15) is 53.9 Å². The molecule has 2 unspecified atom stereocenters. The highest BCUT2D eigenvalue weighted by molar-refractivity contribution is 6.14. The van der Waals surface area contributed by atoms with Crippen molar-refractivity contribution in [2.24, 2.45) is 5.73 Å². The van der Waals surface area contributed by atoms with Gasteiger partial charge in [-0.05, 0) is 103 Å². The third kappa shape index (κ3) is 6.37. The molecule has 3 N–H and O–H groups in total. The second-order valence-electron chi connectivity index (χ2n) is 17.1. The first-order valence-corrected chi connectivity index (χ1v) is 21.6. The fourth-order valence-corrected chi connectivity index (χ4v) is 10.0. The Kier molecular flexibility index (Phi) is 9.30. The van der Waals surface area contributed by atoms with Gasteiger partial charge in [-0.3, -0.25) is 5.32 Å². The molecule has 0 saturated heterocycles. The van der Waals surface area contributed by atoms with E-state index < -0.39 is 6.17 Å². The maximum atomic E-state index is 7.03. The molecule has 0 spiro atoms. The van der Waals surface area contributed by atoms with E-state index in [1.807, 2.05) is 18.2 Å². The van der Waals surface area contributed by atoms with Gasteiger partial charge in [0.2, 0.25) is 0 Å². The van der Waals surface area contributed by atoms with Crippen LogP contribution in [0, 0.1) is 0 Å². The third-order valence-corrected chi connectivity index (χ3v) is 13.1. The average Bonchev–Trinajstić information content (AvgIpc) is 3.78. The number of aromatic nitrogens is 1. The zero-order valence-electron chi connectivity index (χ0n) is 35.0. The van der Waals surface area contributed by atoms with Crippen LogP contribution in [0.3, 0.4) is 0 Å². The van der Waals surface area contributed by atoms with E-state index in [9.17, 15) is 0 Å². The number of hydrogen-bond acceptors (Lipinski definition) is 2. The molecule has 0 amide bonds. The number of benzene rings is 9. The minimum absolute atomic E-state index is 0.105. The minimum Gasteiger partial charge on any atom is -0.312 e. The van der Waals surface area contributed by atoms with Crippen molar-refractivity contribution in [2.75, 3.05) is 0 Å². The van der Waals surface area contributed by atoms with E-state index in [4.69, 9.17) is 5.73 Å². The van der Waals surface area contributed by atoms with Crippen LogP contribution in [-0.2, 0) is 5.41 Å². The van der Waals surface area contributed by atoms with E-state index in [-0.39, 0.29) is 11.5 Å². The van der Waals surface area contributed by atoms with E-state index in [1.54, 1.807) is 0 Å². The van der Waals surface area contributed by atoms with Gasteiger partial charge in [0.25, 0.3) is 0 Å². The summed E-state index contributed by atoms with van der Waals surface area (Å²) < 4.78 is 2.42. The van der Waals surface area contributed by atoms with Gasteiger partial charge in [-0.1, -0.05) is 196 Å². The molecule has 62 heavy (non-hydrogen) atoms. The molecule has 3 heteroatoms. The van der Waals surface area contributed by atoms with Crippen LogP contribution < -0.4 is 11.1 Å². The third-order valence-electron chi connectivity index (χ3n) is 13.1. The lowest BCUT2D eigenvalue weighted by Gasteiger charge is -2.24. The normalized spacial score (nSPS) is 14.0. The minimum atomic E-state index is -0.400. The summed E-state index contributed by atoms with van der Waals surface area (Å²) in [5, 5.41) is 8.86. The van der Waals surface area contributed by atoms with Gasteiger partial charge in [0.05, 0.1) is 23.2 Å². The van der Waals surface area contributed by atoms with Gasteiger partial charge in [-0.25, -0.2) is 0 Å². The van der Waals surface area contributed by atoms with Gasteiger partial charge in [0.1, 0.15) is 0 Å². The summed E-state index contributed by atoms with van der Waals surface area (Å²) in [6, 6.07) is 74.3. The maximum Gasteiger partial charge on any atom is 0.0817 e. The van der Waals surface area contributed by atoms with Crippen molar-refractivity contribution in [3.8, 4) is 39.1 Å². The lowest BCUT2D eigenvalue weighted by Crippen LogP contribution is -2.31. The Morgan fingerprint density at radius 1 is 0.532 bits per heavy atom. The lowest BCUT2D eigenvalue weighted by atomic mass is 9.81. The highest BCUT2D eigenvalue weighted by Crippen LogP contribution is 2.53. The first kappa shape index (κ1) is 37.7. The Morgan fingerprint density at radius 3 is 2.02 bits per heavy atom. The van der Waals surface area contributed by atoms with E-state index in [0.717, 1.165) is 27.9 Å². The molecular formula is C59H47N3. The fourth-order valence-electron chi connectivity index (χ4n) is 10.0. The summed E-state index contributed by atoms with van der Waals surface area (Å²) in [4.78, 5) is 0. The molecule has 1 aromatic heterocycles. The number of rotatable bonds is 9. The van der Waals surface area contributed by atoms with E-state index in [1.165, 1.54) is 71.5 Å². The van der Waals surface area contributed by atoms with Crippen molar-refractivity contribution >= 4 is 38.7 Å². The fraction of sp³-hybridized carbons (Fsp3) is 0.0847. The Morgan fingerprint density at radius 2 is 1.18 bits per heavy atom. The lowest BCUT2D eigenvalue weighted by molar-refractivity contribution is 0.510. The molecule has 0 aliphatic heterocycles. The maximum absolute atomic E-state index is 7.03. The van der Waals surface area contributed by atoms with Crippen molar-refractivity contribution in [3.63, 3.8) is 0 Å². The molecule has 2 atom stereocenters. The number of para-hydroxylation sites is 3. The summed E-state index contributed by atoms with van der Waals surface area (Å²) >= 11 is 0. The van der Waals surface area contributed by atoms with Gasteiger partial charge < -0.3 is 10.3 Å². The second kappa shape index (κ2) is 15.3. The summed E-state index contributed by atoms with van der Waals surface area (Å²) in [5.74, 6) is 0. The molecule has 1 aliphatic carbocycles. The first-order chi connectivity index (χ1) is 30.4.